The van der Waals surface area contributed by atoms with Gasteiger partial charge in [-0.05, 0) is 30.7 Å². The summed E-state index contributed by atoms with van der Waals surface area (Å²) in [5.74, 6) is 0.932. The van der Waals surface area contributed by atoms with Crippen molar-refractivity contribution in [1.29, 1.82) is 0 Å². The molecule has 2 heteroatoms. The maximum absolute atomic E-state index is 11.6. The standard InChI is InChI=1S/C16H19NO/c18-15-9-8-14-7-4-10-17(16(14)11-15)12-13-5-2-1-3-6-13/h1-3,5-6,11,14H,4,7-10,12H2. The minimum atomic E-state index is 0.307. The molecule has 0 amide bonds. The minimum absolute atomic E-state index is 0.307. The zero-order chi connectivity index (χ0) is 12.4. The third-order valence-corrected chi connectivity index (χ3v) is 4.03. The van der Waals surface area contributed by atoms with Crippen molar-refractivity contribution in [3.8, 4) is 0 Å². The van der Waals surface area contributed by atoms with Gasteiger partial charge in [0.25, 0.3) is 0 Å². The number of rotatable bonds is 2. The lowest BCUT2D eigenvalue weighted by Crippen LogP contribution is -2.35. The van der Waals surface area contributed by atoms with Gasteiger partial charge in [-0.15, -0.1) is 0 Å². The number of fused-ring (bicyclic) bond motifs is 1. The molecule has 1 aliphatic heterocycles. The Labute approximate surface area is 108 Å². The molecule has 1 aliphatic carbocycles. The van der Waals surface area contributed by atoms with E-state index >= 15 is 0 Å². The fourth-order valence-electron chi connectivity index (χ4n) is 3.09. The Balaban J connectivity index is 1.80. The smallest absolute Gasteiger partial charge is 0.157 e. The van der Waals surface area contributed by atoms with Gasteiger partial charge >= 0.3 is 0 Å². The Morgan fingerprint density at radius 2 is 2.00 bits per heavy atom. The summed E-state index contributed by atoms with van der Waals surface area (Å²) in [5, 5.41) is 0. The van der Waals surface area contributed by atoms with E-state index in [9.17, 15) is 4.79 Å². The Hall–Kier alpha value is -1.57. The molecular weight excluding hydrogens is 222 g/mol. The molecule has 94 valence electrons. The van der Waals surface area contributed by atoms with Gasteiger partial charge in [0.2, 0.25) is 0 Å². The molecule has 2 aliphatic rings. The first-order chi connectivity index (χ1) is 8.83. The Morgan fingerprint density at radius 1 is 1.17 bits per heavy atom. The van der Waals surface area contributed by atoms with Gasteiger partial charge in [-0.25, -0.2) is 0 Å². The van der Waals surface area contributed by atoms with E-state index in [-0.39, 0.29) is 0 Å². The van der Waals surface area contributed by atoms with Crippen LogP contribution in [0, 0.1) is 5.92 Å². The van der Waals surface area contributed by atoms with Crippen LogP contribution >= 0.6 is 0 Å². The lowest BCUT2D eigenvalue weighted by molar-refractivity contribution is -0.115. The van der Waals surface area contributed by atoms with Gasteiger partial charge in [-0.1, -0.05) is 30.3 Å². The molecule has 1 atom stereocenters. The molecule has 0 aromatic heterocycles. The number of hydrogen-bond donors (Lipinski definition) is 0. The van der Waals surface area contributed by atoms with Gasteiger partial charge in [0.05, 0.1) is 0 Å². The summed E-state index contributed by atoms with van der Waals surface area (Å²) >= 11 is 0. The van der Waals surface area contributed by atoms with Crippen LogP contribution in [0.1, 0.15) is 31.2 Å². The highest BCUT2D eigenvalue weighted by Crippen LogP contribution is 2.34. The number of hydrogen-bond acceptors (Lipinski definition) is 2. The topological polar surface area (TPSA) is 20.3 Å². The first-order valence-electron chi connectivity index (χ1n) is 6.86. The summed E-state index contributed by atoms with van der Waals surface area (Å²) in [6.45, 7) is 2.03. The van der Waals surface area contributed by atoms with Crippen molar-refractivity contribution in [3.05, 3.63) is 47.7 Å². The van der Waals surface area contributed by atoms with Crippen molar-refractivity contribution < 1.29 is 4.79 Å². The van der Waals surface area contributed by atoms with Crippen molar-refractivity contribution in [2.75, 3.05) is 6.54 Å². The maximum Gasteiger partial charge on any atom is 0.157 e. The second-order valence-electron chi connectivity index (χ2n) is 5.32. The van der Waals surface area contributed by atoms with Crippen LogP contribution in [0.25, 0.3) is 0 Å². The number of carbonyl (C=O) groups is 1. The molecule has 0 radical (unpaired) electrons. The molecule has 0 bridgehead atoms. The normalized spacial score (nSPS) is 23.6. The van der Waals surface area contributed by atoms with Crippen LogP contribution in [0.2, 0.25) is 0 Å². The predicted octanol–water partition coefficient (Wildman–Crippen LogP) is 3.15. The first-order valence-corrected chi connectivity index (χ1v) is 6.86. The average Bonchev–Trinajstić information content (AvgIpc) is 2.41. The molecule has 1 unspecified atom stereocenters. The zero-order valence-corrected chi connectivity index (χ0v) is 10.6. The van der Waals surface area contributed by atoms with Crippen molar-refractivity contribution in [1.82, 2.24) is 4.90 Å². The highest BCUT2D eigenvalue weighted by molar-refractivity contribution is 5.91. The number of allylic oxidation sites excluding steroid dienone is 2. The van der Waals surface area contributed by atoms with Crippen molar-refractivity contribution >= 4 is 5.78 Å². The van der Waals surface area contributed by atoms with Gasteiger partial charge < -0.3 is 4.90 Å². The highest BCUT2D eigenvalue weighted by atomic mass is 16.1. The van der Waals surface area contributed by atoms with Crippen LogP contribution < -0.4 is 0 Å². The lowest BCUT2D eigenvalue weighted by Gasteiger charge is -2.39. The number of likely N-dealkylation sites (tertiary alicyclic amines) is 1. The number of ketones is 1. The minimum Gasteiger partial charge on any atom is -0.370 e. The van der Waals surface area contributed by atoms with Crippen LogP contribution in [-0.2, 0) is 11.3 Å². The fraction of sp³-hybridized carbons (Fsp3) is 0.438. The molecule has 1 fully saturated rings. The van der Waals surface area contributed by atoms with Crippen LogP contribution in [0.5, 0.6) is 0 Å². The Kier molecular flexibility index (Phi) is 3.18. The summed E-state index contributed by atoms with van der Waals surface area (Å²) in [6, 6.07) is 10.5. The van der Waals surface area contributed by atoms with E-state index in [0.717, 1.165) is 25.9 Å². The summed E-state index contributed by atoms with van der Waals surface area (Å²) < 4.78 is 0. The van der Waals surface area contributed by atoms with Gasteiger partial charge in [0, 0.05) is 31.3 Å². The maximum atomic E-state index is 11.6. The molecule has 0 spiro atoms. The molecule has 0 N–H and O–H groups in total. The number of carbonyl (C=O) groups excluding carboxylic acids is 1. The second kappa shape index (κ2) is 4.97. The fourth-order valence-corrected chi connectivity index (χ4v) is 3.09. The van der Waals surface area contributed by atoms with Gasteiger partial charge in [0.1, 0.15) is 0 Å². The van der Waals surface area contributed by atoms with E-state index in [4.69, 9.17) is 0 Å². The predicted molar refractivity (Wildman–Crippen MR) is 71.9 cm³/mol. The van der Waals surface area contributed by atoms with E-state index in [1.165, 1.54) is 24.1 Å². The number of nitrogens with zero attached hydrogens (tertiary/aromatic N) is 1. The van der Waals surface area contributed by atoms with Crippen LogP contribution in [0.15, 0.2) is 42.1 Å². The number of benzene rings is 1. The molecule has 3 rings (SSSR count). The zero-order valence-electron chi connectivity index (χ0n) is 10.6. The van der Waals surface area contributed by atoms with Crippen molar-refractivity contribution in [3.63, 3.8) is 0 Å². The summed E-state index contributed by atoms with van der Waals surface area (Å²) in [7, 11) is 0. The SMILES string of the molecule is O=C1C=C2C(CCCN2Cc2ccccc2)CC1. The molecule has 1 heterocycles. The second-order valence-corrected chi connectivity index (χ2v) is 5.32. The molecular formula is C16H19NO. The summed E-state index contributed by atoms with van der Waals surface area (Å²) in [5.41, 5.74) is 2.62. The van der Waals surface area contributed by atoms with Crippen molar-refractivity contribution in [2.45, 2.75) is 32.2 Å². The van der Waals surface area contributed by atoms with E-state index < -0.39 is 0 Å². The molecule has 2 nitrogen and oxygen atoms in total. The molecule has 0 saturated carbocycles. The monoisotopic (exact) mass is 241 g/mol. The van der Waals surface area contributed by atoms with E-state index in [1.54, 1.807) is 0 Å². The third-order valence-electron chi connectivity index (χ3n) is 4.03. The first kappa shape index (κ1) is 11.5. The summed E-state index contributed by atoms with van der Waals surface area (Å²) in [4.78, 5) is 14.0. The summed E-state index contributed by atoms with van der Waals surface area (Å²) in [6.07, 6.45) is 6.20. The largest absolute Gasteiger partial charge is 0.370 e. The quantitative estimate of drug-likeness (QED) is 0.792. The molecule has 1 aromatic carbocycles. The van der Waals surface area contributed by atoms with E-state index in [2.05, 4.69) is 29.2 Å². The van der Waals surface area contributed by atoms with Gasteiger partial charge in [-0.2, -0.15) is 0 Å². The van der Waals surface area contributed by atoms with Crippen LogP contribution in [-0.4, -0.2) is 17.2 Å². The van der Waals surface area contributed by atoms with Gasteiger partial charge in [-0.3, -0.25) is 4.79 Å². The van der Waals surface area contributed by atoms with E-state index in [1.807, 2.05) is 12.1 Å². The third kappa shape index (κ3) is 2.33. The van der Waals surface area contributed by atoms with Crippen LogP contribution in [0.3, 0.4) is 0 Å². The van der Waals surface area contributed by atoms with Gasteiger partial charge in [0.15, 0.2) is 5.78 Å². The molecule has 18 heavy (non-hydrogen) atoms. The highest BCUT2D eigenvalue weighted by Gasteiger charge is 2.28. The average molecular weight is 241 g/mol. The van der Waals surface area contributed by atoms with Crippen LogP contribution in [0.4, 0.5) is 0 Å². The van der Waals surface area contributed by atoms with E-state index in [0.29, 0.717) is 11.7 Å². The Morgan fingerprint density at radius 3 is 2.83 bits per heavy atom. The lowest BCUT2D eigenvalue weighted by atomic mass is 9.84. The molecule has 1 saturated heterocycles. The number of piperidine rings is 1. The molecule has 1 aromatic rings. The van der Waals surface area contributed by atoms with Crippen molar-refractivity contribution in [2.24, 2.45) is 5.92 Å². The Bertz CT molecular complexity index is 463.